The minimum Gasteiger partial charge on any atom is -0.275 e. The van der Waals surface area contributed by atoms with Gasteiger partial charge in [-0.3, -0.25) is 9.59 Å². The Hall–Kier alpha value is -2.43. The molecule has 0 bridgehead atoms. The smallest absolute Gasteiger partial charge is 0.273 e. The zero-order valence-corrected chi connectivity index (χ0v) is 15.1. The zero-order chi connectivity index (χ0) is 18.1. The normalized spacial score (nSPS) is 10.7. The summed E-state index contributed by atoms with van der Waals surface area (Å²) in [6, 6.07) is 14.9. The maximum atomic E-state index is 12.0. The van der Waals surface area contributed by atoms with Crippen LogP contribution < -0.4 is 0 Å². The number of carbonyl (C=O) groups is 2. The first-order valence-electron chi connectivity index (χ1n) is 7.56. The third-order valence-corrected chi connectivity index (χ3v) is 4.42. The van der Waals surface area contributed by atoms with E-state index in [1.54, 1.807) is 0 Å². The van der Waals surface area contributed by atoms with Crippen LogP contribution in [0.3, 0.4) is 0 Å². The number of rotatable bonds is 4. The van der Waals surface area contributed by atoms with Gasteiger partial charge in [0.25, 0.3) is 10.5 Å². The molecule has 1 heterocycles. The zero-order valence-electron chi connectivity index (χ0n) is 13.6. The Morgan fingerprint density at radius 1 is 0.920 bits per heavy atom. The minimum atomic E-state index is -0.830. The third-order valence-electron chi connectivity index (χ3n) is 4.05. The lowest BCUT2D eigenvalue weighted by Gasteiger charge is -2.10. The highest BCUT2D eigenvalue weighted by molar-refractivity contribution is 6.72. The molecule has 0 amide bonds. The van der Waals surface area contributed by atoms with Crippen LogP contribution in [0.5, 0.6) is 0 Å². The monoisotopic (exact) mass is 372 g/mol. The maximum absolute atomic E-state index is 12.0. The Labute approximate surface area is 155 Å². The second kappa shape index (κ2) is 6.82. The molecule has 0 unspecified atom stereocenters. The van der Waals surface area contributed by atoms with E-state index in [-0.39, 0.29) is 11.3 Å². The molecule has 1 aromatic heterocycles. The molecule has 0 radical (unpaired) electrons. The molecule has 0 fully saturated rings. The Balaban J connectivity index is 2.38. The maximum Gasteiger partial charge on any atom is 0.273 e. The van der Waals surface area contributed by atoms with Gasteiger partial charge in [-0.15, -0.1) is 0 Å². The van der Waals surface area contributed by atoms with Crippen molar-refractivity contribution in [1.29, 1.82) is 0 Å². The molecule has 3 rings (SSSR count). The van der Waals surface area contributed by atoms with E-state index in [0.29, 0.717) is 16.9 Å². The van der Waals surface area contributed by atoms with Crippen LogP contribution in [0.2, 0.25) is 0 Å². The largest absolute Gasteiger partial charge is 0.275 e. The van der Waals surface area contributed by atoms with Crippen LogP contribution in [0.1, 0.15) is 32.0 Å². The molecule has 0 N–H and O–H groups in total. The van der Waals surface area contributed by atoms with Gasteiger partial charge >= 0.3 is 0 Å². The van der Waals surface area contributed by atoms with E-state index in [4.69, 9.17) is 23.2 Å². The Morgan fingerprint density at radius 3 is 2.16 bits per heavy atom. The van der Waals surface area contributed by atoms with Crippen molar-refractivity contribution in [2.24, 2.45) is 0 Å². The van der Waals surface area contributed by atoms with Crippen LogP contribution in [0.4, 0.5) is 0 Å². The number of hydrogen-bond acceptors (Lipinski definition) is 3. The SMILES string of the molecule is Cc1ccc(-n2nc(C(=O)Cl)c(C(=O)Cl)c2-c2ccccc2)cc1C. The summed E-state index contributed by atoms with van der Waals surface area (Å²) in [4.78, 5) is 23.8. The summed E-state index contributed by atoms with van der Waals surface area (Å²) in [6.45, 7) is 3.98. The number of benzene rings is 2. The van der Waals surface area contributed by atoms with Gasteiger partial charge < -0.3 is 0 Å². The van der Waals surface area contributed by atoms with E-state index < -0.39 is 10.5 Å². The van der Waals surface area contributed by atoms with Gasteiger partial charge in [0.15, 0.2) is 5.69 Å². The Kier molecular flexibility index (Phi) is 4.75. The van der Waals surface area contributed by atoms with Gasteiger partial charge in [0.05, 0.1) is 16.9 Å². The fraction of sp³-hybridized carbons (Fsp3) is 0.105. The van der Waals surface area contributed by atoms with Crippen LogP contribution in [0.25, 0.3) is 16.9 Å². The molecule has 4 nitrogen and oxygen atoms in total. The molecule has 0 aliphatic rings. The lowest BCUT2D eigenvalue weighted by molar-refractivity contribution is 0.105. The average Bonchev–Trinajstić information content (AvgIpc) is 2.99. The summed E-state index contributed by atoms with van der Waals surface area (Å²) in [5.74, 6) is 0. The van der Waals surface area contributed by atoms with Crippen molar-refractivity contribution in [1.82, 2.24) is 9.78 Å². The molecule has 3 aromatic rings. The van der Waals surface area contributed by atoms with Gasteiger partial charge in [-0.05, 0) is 60.3 Å². The second-order valence-corrected chi connectivity index (χ2v) is 6.35. The molecule has 0 saturated heterocycles. The fourth-order valence-corrected chi connectivity index (χ4v) is 2.96. The van der Waals surface area contributed by atoms with Crippen molar-refractivity contribution < 1.29 is 9.59 Å². The number of aromatic nitrogens is 2. The van der Waals surface area contributed by atoms with Gasteiger partial charge in [0.2, 0.25) is 0 Å². The molecule has 126 valence electrons. The molecule has 2 aromatic carbocycles. The number of halogens is 2. The van der Waals surface area contributed by atoms with Crippen LogP contribution in [-0.4, -0.2) is 20.3 Å². The lowest BCUT2D eigenvalue weighted by Crippen LogP contribution is -2.02. The lowest BCUT2D eigenvalue weighted by atomic mass is 10.1. The quantitative estimate of drug-likeness (QED) is 0.611. The van der Waals surface area contributed by atoms with E-state index in [1.807, 2.05) is 62.4 Å². The fourth-order valence-electron chi connectivity index (χ4n) is 2.65. The minimum absolute atomic E-state index is 0.00564. The first-order valence-corrected chi connectivity index (χ1v) is 8.31. The second-order valence-electron chi connectivity index (χ2n) is 5.67. The van der Waals surface area contributed by atoms with E-state index in [2.05, 4.69) is 5.10 Å². The molecule has 0 saturated carbocycles. The average molecular weight is 373 g/mol. The molecule has 0 aliphatic carbocycles. The van der Waals surface area contributed by atoms with Crippen LogP contribution in [0, 0.1) is 13.8 Å². The molecule has 0 atom stereocenters. The highest BCUT2D eigenvalue weighted by atomic mass is 35.5. The van der Waals surface area contributed by atoms with Gasteiger partial charge in [-0.2, -0.15) is 5.10 Å². The highest BCUT2D eigenvalue weighted by Gasteiger charge is 2.27. The summed E-state index contributed by atoms with van der Waals surface area (Å²) >= 11 is 11.4. The standard InChI is InChI=1S/C19H14Cl2N2O2/c1-11-8-9-14(10-12(11)2)23-17(13-6-4-3-5-7-13)15(18(20)24)16(22-23)19(21)25/h3-10H,1-2H3. The van der Waals surface area contributed by atoms with Crippen molar-refractivity contribution >= 4 is 33.7 Å². The molecular formula is C19H14Cl2N2O2. The Morgan fingerprint density at radius 2 is 1.60 bits per heavy atom. The van der Waals surface area contributed by atoms with Gasteiger partial charge in [0, 0.05) is 5.56 Å². The molecule has 0 aliphatic heterocycles. The summed E-state index contributed by atoms with van der Waals surface area (Å²) in [5.41, 5.74) is 3.90. The Bertz CT molecular complexity index is 979. The van der Waals surface area contributed by atoms with Gasteiger partial charge in [-0.1, -0.05) is 36.4 Å². The predicted molar refractivity (Wildman–Crippen MR) is 98.8 cm³/mol. The first kappa shape index (κ1) is 17.4. The first-order chi connectivity index (χ1) is 11.9. The summed E-state index contributed by atoms with van der Waals surface area (Å²) in [7, 11) is 0. The molecule has 25 heavy (non-hydrogen) atoms. The number of nitrogens with zero attached hydrogens (tertiary/aromatic N) is 2. The van der Waals surface area contributed by atoms with Crippen molar-refractivity contribution in [2.75, 3.05) is 0 Å². The van der Waals surface area contributed by atoms with Crippen LogP contribution >= 0.6 is 23.2 Å². The predicted octanol–water partition coefficient (Wildman–Crippen LogP) is 4.91. The van der Waals surface area contributed by atoms with Crippen molar-refractivity contribution in [3.8, 4) is 16.9 Å². The number of hydrogen-bond donors (Lipinski definition) is 0. The molecular weight excluding hydrogens is 359 g/mol. The van der Waals surface area contributed by atoms with Crippen molar-refractivity contribution in [2.45, 2.75) is 13.8 Å². The highest BCUT2D eigenvalue weighted by Crippen LogP contribution is 2.31. The summed E-state index contributed by atoms with van der Waals surface area (Å²) in [5, 5.41) is 2.67. The van der Waals surface area contributed by atoms with Crippen molar-refractivity contribution in [3.05, 3.63) is 70.9 Å². The van der Waals surface area contributed by atoms with E-state index in [1.165, 1.54) is 4.68 Å². The third kappa shape index (κ3) is 3.23. The summed E-state index contributed by atoms with van der Waals surface area (Å²) < 4.78 is 1.53. The van der Waals surface area contributed by atoms with Crippen LogP contribution in [0.15, 0.2) is 48.5 Å². The van der Waals surface area contributed by atoms with Crippen LogP contribution in [-0.2, 0) is 0 Å². The van der Waals surface area contributed by atoms with E-state index in [9.17, 15) is 9.59 Å². The number of aryl methyl sites for hydroxylation is 2. The van der Waals surface area contributed by atoms with E-state index in [0.717, 1.165) is 11.1 Å². The number of carbonyl (C=O) groups excluding carboxylic acids is 2. The molecule has 0 spiro atoms. The van der Waals surface area contributed by atoms with Crippen molar-refractivity contribution in [3.63, 3.8) is 0 Å². The van der Waals surface area contributed by atoms with Gasteiger partial charge in [-0.25, -0.2) is 4.68 Å². The molecule has 6 heteroatoms. The van der Waals surface area contributed by atoms with Gasteiger partial charge in [0.1, 0.15) is 0 Å². The van der Waals surface area contributed by atoms with E-state index >= 15 is 0 Å². The topological polar surface area (TPSA) is 52.0 Å². The summed E-state index contributed by atoms with van der Waals surface area (Å²) in [6.07, 6.45) is 0.